The van der Waals surface area contributed by atoms with Gasteiger partial charge in [-0.1, -0.05) is 6.07 Å². The highest BCUT2D eigenvalue weighted by molar-refractivity contribution is 5.10. The minimum Gasteiger partial charge on any atom is -0.375 e. The molecule has 1 atom stereocenters. The van der Waals surface area contributed by atoms with Gasteiger partial charge in [0.05, 0.1) is 11.3 Å². The Morgan fingerprint density at radius 3 is 3.06 bits per heavy atom. The summed E-state index contributed by atoms with van der Waals surface area (Å²) in [6, 6.07) is 6.82. The highest BCUT2D eigenvalue weighted by Gasteiger charge is 2.42. The molecule has 0 aromatic carbocycles. The molecule has 3 heteroatoms. The van der Waals surface area contributed by atoms with Crippen molar-refractivity contribution in [1.82, 2.24) is 10.3 Å². The fourth-order valence-corrected chi connectivity index (χ4v) is 3.07. The van der Waals surface area contributed by atoms with Crippen molar-refractivity contribution >= 4 is 0 Å². The lowest BCUT2D eigenvalue weighted by molar-refractivity contribution is -0.135. The third kappa shape index (κ3) is 2.57. The maximum atomic E-state index is 5.95. The van der Waals surface area contributed by atoms with Crippen LogP contribution >= 0.6 is 0 Å². The van der Waals surface area contributed by atoms with E-state index in [-0.39, 0.29) is 5.60 Å². The Hall–Kier alpha value is -0.930. The summed E-state index contributed by atoms with van der Waals surface area (Å²) in [7, 11) is 0. The number of nitrogens with zero attached hydrogens (tertiary/aromatic N) is 1. The Kier molecular flexibility index (Phi) is 3.35. The topological polar surface area (TPSA) is 34.1 Å². The first-order chi connectivity index (χ1) is 8.76. The average molecular weight is 246 g/mol. The Labute approximate surface area is 109 Å². The third-order valence-corrected chi connectivity index (χ3v) is 4.28. The van der Waals surface area contributed by atoms with Gasteiger partial charge in [-0.05, 0) is 51.2 Å². The number of aryl methyl sites for hydroxylation is 1. The van der Waals surface area contributed by atoms with Crippen molar-refractivity contribution < 1.29 is 4.74 Å². The number of pyridine rings is 1. The zero-order valence-electron chi connectivity index (χ0n) is 11.1. The van der Waals surface area contributed by atoms with Gasteiger partial charge in [0.1, 0.15) is 0 Å². The molecule has 1 spiro atoms. The van der Waals surface area contributed by atoms with Crippen molar-refractivity contribution in [2.24, 2.45) is 0 Å². The number of rotatable bonds is 3. The van der Waals surface area contributed by atoms with Crippen molar-refractivity contribution in [2.75, 3.05) is 6.61 Å². The summed E-state index contributed by atoms with van der Waals surface area (Å²) in [6.45, 7) is 3.84. The van der Waals surface area contributed by atoms with Crippen LogP contribution in [0.2, 0.25) is 0 Å². The molecule has 0 radical (unpaired) electrons. The zero-order chi connectivity index (χ0) is 12.4. The Morgan fingerprint density at radius 2 is 2.33 bits per heavy atom. The molecule has 1 saturated heterocycles. The smallest absolute Gasteiger partial charge is 0.0697 e. The van der Waals surface area contributed by atoms with Crippen molar-refractivity contribution in [3.63, 3.8) is 0 Å². The minimum atomic E-state index is 0.232. The van der Waals surface area contributed by atoms with Gasteiger partial charge < -0.3 is 10.1 Å². The average Bonchev–Trinajstić information content (AvgIpc) is 2.35. The normalized spacial score (nSPS) is 25.9. The second kappa shape index (κ2) is 4.98. The first kappa shape index (κ1) is 12.1. The number of aromatic nitrogens is 1. The van der Waals surface area contributed by atoms with Crippen LogP contribution in [0.25, 0.3) is 0 Å². The van der Waals surface area contributed by atoms with E-state index in [4.69, 9.17) is 4.74 Å². The lowest BCUT2D eigenvalue weighted by Gasteiger charge is -2.47. The molecule has 1 aromatic heterocycles. The molecule has 1 aromatic rings. The summed E-state index contributed by atoms with van der Waals surface area (Å²) in [5.41, 5.74) is 2.47. The summed E-state index contributed by atoms with van der Waals surface area (Å²) in [5.74, 6) is 0. The van der Waals surface area contributed by atoms with Crippen LogP contribution in [0.3, 0.4) is 0 Å². The van der Waals surface area contributed by atoms with E-state index in [1.165, 1.54) is 25.7 Å². The first-order valence-electron chi connectivity index (χ1n) is 7.06. The number of hydrogen-bond donors (Lipinski definition) is 1. The van der Waals surface area contributed by atoms with E-state index in [1.807, 2.05) is 13.0 Å². The van der Waals surface area contributed by atoms with E-state index in [2.05, 4.69) is 22.4 Å². The Morgan fingerprint density at radius 1 is 1.44 bits per heavy atom. The van der Waals surface area contributed by atoms with Gasteiger partial charge in [-0.2, -0.15) is 0 Å². The van der Waals surface area contributed by atoms with Crippen molar-refractivity contribution in [1.29, 1.82) is 0 Å². The molecule has 18 heavy (non-hydrogen) atoms. The van der Waals surface area contributed by atoms with Crippen LogP contribution in [-0.4, -0.2) is 23.2 Å². The SMILES string of the molecule is Cc1cccc(CNC2CCOC3(CCC3)C2)n1. The van der Waals surface area contributed by atoms with Crippen LogP contribution in [-0.2, 0) is 11.3 Å². The first-order valence-corrected chi connectivity index (χ1v) is 7.06. The molecule has 1 N–H and O–H groups in total. The van der Waals surface area contributed by atoms with Crippen LogP contribution in [0.5, 0.6) is 0 Å². The second-order valence-corrected chi connectivity index (χ2v) is 5.73. The van der Waals surface area contributed by atoms with Gasteiger partial charge in [-0.15, -0.1) is 0 Å². The molecule has 1 saturated carbocycles. The summed E-state index contributed by atoms with van der Waals surface area (Å²) in [6.07, 6.45) is 6.17. The Bertz CT molecular complexity index is 415. The monoisotopic (exact) mass is 246 g/mol. The predicted octanol–water partition coefficient (Wildman–Crippen LogP) is 2.58. The fraction of sp³-hybridized carbons (Fsp3) is 0.667. The Balaban J connectivity index is 1.53. The molecule has 1 aliphatic carbocycles. The molecule has 0 amide bonds. The minimum absolute atomic E-state index is 0.232. The quantitative estimate of drug-likeness (QED) is 0.890. The molecule has 0 bridgehead atoms. The van der Waals surface area contributed by atoms with Gasteiger partial charge in [0.15, 0.2) is 0 Å². The maximum Gasteiger partial charge on any atom is 0.0697 e. The van der Waals surface area contributed by atoms with Crippen molar-refractivity contribution in [3.8, 4) is 0 Å². The highest BCUT2D eigenvalue weighted by atomic mass is 16.5. The molecule has 1 aliphatic heterocycles. The summed E-state index contributed by atoms with van der Waals surface area (Å²) in [5, 5.41) is 3.65. The van der Waals surface area contributed by atoms with E-state index in [9.17, 15) is 0 Å². The maximum absolute atomic E-state index is 5.95. The molecule has 3 nitrogen and oxygen atoms in total. The van der Waals surface area contributed by atoms with Gasteiger partial charge in [-0.25, -0.2) is 0 Å². The number of hydrogen-bond acceptors (Lipinski definition) is 3. The lowest BCUT2D eigenvalue weighted by Crippen LogP contribution is -2.50. The van der Waals surface area contributed by atoms with Gasteiger partial charge in [-0.3, -0.25) is 4.98 Å². The molecule has 2 fully saturated rings. The lowest BCUT2D eigenvalue weighted by atomic mass is 9.74. The molecule has 2 aliphatic rings. The van der Waals surface area contributed by atoms with E-state index in [0.29, 0.717) is 6.04 Å². The van der Waals surface area contributed by atoms with Gasteiger partial charge >= 0.3 is 0 Å². The third-order valence-electron chi connectivity index (χ3n) is 4.28. The van der Waals surface area contributed by atoms with Crippen molar-refractivity contribution in [2.45, 2.75) is 57.2 Å². The van der Waals surface area contributed by atoms with Crippen LogP contribution in [0.1, 0.15) is 43.5 Å². The van der Waals surface area contributed by atoms with Crippen LogP contribution in [0.4, 0.5) is 0 Å². The van der Waals surface area contributed by atoms with E-state index < -0.39 is 0 Å². The molecule has 3 rings (SSSR count). The van der Waals surface area contributed by atoms with E-state index in [1.54, 1.807) is 0 Å². The van der Waals surface area contributed by atoms with E-state index >= 15 is 0 Å². The highest BCUT2D eigenvalue weighted by Crippen LogP contribution is 2.42. The molecular formula is C15H22N2O. The van der Waals surface area contributed by atoms with Gasteiger partial charge in [0.25, 0.3) is 0 Å². The van der Waals surface area contributed by atoms with Crippen LogP contribution < -0.4 is 5.32 Å². The van der Waals surface area contributed by atoms with Crippen LogP contribution in [0, 0.1) is 6.92 Å². The molecule has 2 heterocycles. The molecule has 98 valence electrons. The largest absolute Gasteiger partial charge is 0.375 e. The molecule has 1 unspecified atom stereocenters. The fourth-order valence-electron chi connectivity index (χ4n) is 3.07. The molecular weight excluding hydrogens is 224 g/mol. The summed E-state index contributed by atoms with van der Waals surface area (Å²) < 4.78 is 5.95. The van der Waals surface area contributed by atoms with Gasteiger partial charge in [0.2, 0.25) is 0 Å². The number of nitrogens with one attached hydrogen (secondary N) is 1. The van der Waals surface area contributed by atoms with Crippen molar-refractivity contribution in [3.05, 3.63) is 29.6 Å². The number of ether oxygens (including phenoxy) is 1. The second-order valence-electron chi connectivity index (χ2n) is 5.73. The summed E-state index contributed by atoms with van der Waals surface area (Å²) in [4.78, 5) is 4.53. The predicted molar refractivity (Wildman–Crippen MR) is 71.4 cm³/mol. The standard InChI is InChI=1S/C15H22N2O/c1-12-4-2-5-14(17-12)11-16-13-6-9-18-15(10-13)7-3-8-15/h2,4-5,13,16H,3,6-11H2,1H3. The van der Waals surface area contributed by atoms with E-state index in [0.717, 1.165) is 31.0 Å². The zero-order valence-corrected chi connectivity index (χ0v) is 11.1. The van der Waals surface area contributed by atoms with Gasteiger partial charge in [0, 0.05) is 24.9 Å². The summed E-state index contributed by atoms with van der Waals surface area (Å²) >= 11 is 0. The van der Waals surface area contributed by atoms with Crippen LogP contribution in [0.15, 0.2) is 18.2 Å².